The fourth-order valence-electron chi connectivity index (χ4n) is 2.52. The molecule has 102 valence electrons. The van der Waals surface area contributed by atoms with E-state index in [9.17, 15) is 0 Å². The number of hydrogen-bond acceptors (Lipinski definition) is 2. The highest BCUT2D eigenvalue weighted by Crippen LogP contribution is 2.21. The second-order valence-electron chi connectivity index (χ2n) is 4.88. The van der Waals surface area contributed by atoms with Crippen molar-refractivity contribution in [2.24, 2.45) is 0 Å². The molecule has 0 aliphatic rings. The van der Waals surface area contributed by atoms with Crippen molar-refractivity contribution < 1.29 is 9.41 Å². The standard InChI is InChI=1S/C17H13N3O/c1-18-17-12(10-11-6-2-5-9-15(11)21-17)16-19-13-7-3-4-8-14(13)20-16/h2-10H,1H3,(H,19,20)/p+1. The van der Waals surface area contributed by atoms with E-state index in [1.54, 1.807) is 0 Å². The Hall–Kier alpha value is -2.88. The van der Waals surface area contributed by atoms with Crippen LogP contribution in [-0.4, -0.2) is 17.0 Å². The van der Waals surface area contributed by atoms with Crippen molar-refractivity contribution in [1.82, 2.24) is 9.97 Å². The van der Waals surface area contributed by atoms with E-state index < -0.39 is 0 Å². The van der Waals surface area contributed by atoms with Crippen LogP contribution in [0.2, 0.25) is 0 Å². The predicted octanol–water partition coefficient (Wildman–Crippen LogP) is 1.59. The van der Waals surface area contributed by atoms with Crippen molar-refractivity contribution in [3.05, 3.63) is 60.2 Å². The number of aromatic nitrogens is 2. The SMILES string of the molecule is C[NH+]=c1oc2ccccc2cc1-c1nc2ccccc2[nH]1. The van der Waals surface area contributed by atoms with Gasteiger partial charge in [0.25, 0.3) is 0 Å². The van der Waals surface area contributed by atoms with Crippen LogP contribution >= 0.6 is 0 Å². The smallest absolute Gasteiger partial charge is 0.377 e. The zero-order valence-corrected chi connectivity index (χ0v) is 11.6. The van der Waals surface area contributed by atoms with Crippen LogP contribution in [0.15, 0.2) is 59.0 Å². The lowest BCUT2D eigenvalue weighted by Crippen LogP contribution is -2.72. The number of H-pyrrole nitrogens is 1. The van der Waals surface area contributed by atoms with E-state index >= 15 is 0 Å². The molecule has 4 rings (SSSR count). The molecular weight excluding hydrogens is 262 g/mol. The van der Waals surface area contributed by atoms with Crippen molar-refractivity contribution in [3.63, 3.8) is 0 Å². The predicted molar refractivity (Wildman–Crippen MR) is 81.3 cm³/mol. The van der Waals surface area contributed by atoms with Crippen LogP contribution in [0.1, 0.15) is 0 Å². The quantitative estimate of drug-likeness (QED) is 0.554. The number of imidazole rings is 1. The number of nitrogens with one attached hydrogen (secondary N) is 2. The number of hydrogen-bond donors (Lipinski definition) is 2. The summed E-state index contributed by atoms with van der Waals surface area (Å²) in [6.07, 6.45) is 0. The van der Waals surface area contributed by atoms with Crippen LogP contribution < -0.4 is 10.5 Å². The minimum atomic E-state index is 0.702. The molecule has 4 nitrogen and oxygen atoms in total. The van der Waals surface area contributed by atoms with Gasteiger partial charge < -0.3 is 9.40 Å². The van der Waals surface area contributed by atoms with Gasteiger partial charge in [-0.2, -0.15) is 0 Å². The van der Waals surface area contributed by atoms with Gasteiger partial charge in [-0.3, -0.25) is 0 Å². The summed E-state index contributed by atoms with van der Waals surface area (Å²) < 4.78 is 5.92. The highest BCUT2D eigenvalue weighted by atomic mass is 16.3. The largest absolute Gasteiger partial charge is 0.404 e. The highest BCUT2D eigenvalue weighted by Gasteiger charge is 2.13. The molecule has 0 amide bonds. The van der Waals surface area contributed by atoms with Crippen LogP contribution in [0.25, 0.3) is 33.4 Å². The molecule has 0 radical (unpaired) electrons. The Labute approximate surface area is 120 Å². The Morgan fingerprint density at radius 1 is 1.05 bits per heavy atom. The molecule has 0 bridgehead atoms. The van der Waals surface area contributed by atoms with Gasteiger partial charge in [0.05, 0.1) is 11.0 Å². The average Bonchev–Trinajstić information content (AvgIpc) is 2.97. The molecule has 0 saturated heterocycles. The van der Waals surface area contributed by atoms with E-state index in [-0.39, 0.29) is 0 Å². The van der Waals surface area contributed by atoms with Gasteiger partial charge in [-0.15, -0.1) is 0 Å². The Balaban J connectivity index is 2.04. The van der Waals surface area contributed by atoms with Gasteiger partial charge in [-0.1, -0.05) is 30.3 Å². The van der Waals surface area contributed by atoms with Crippen molar-refractivity contribution in [3.8, 4) is 11.4 Å². The van der Waals surface area contributed by atoms with Gasteiger partial charge in [-0.25, -0.2) is 9.98 Å². The van der Waals surface area contributed by atoms with Gasteiger partial charge in [0.15, 0.2) is 0 Å². The maximum Gasteiger partial charge on any atom is 0.377 e. The Bertz CT molecular complexity index is 978. The van der Waals surface area contributed by atoms with E-state index in [1.807, 2.05) is 55.6 Å². The molecule has 0 atom stereocenters. The van der Waals surface area contributed by atoms with E-state index in [0.29, 0.717) is 5.55 Å². The lowest BCUT2D eigenvalue weighted by molar-refractivity contribution is -0.478. The summed E-state index contributed by atoms with van der Waals surface area (Å²) in [6, 6.07) is 18.0. The van der Waals surface area contributed by atoms with E-state index in [2.05, 4.69) is 21.0 Å². The van der Waals surface area contributed by atoms with Crippen LogP contribution in [0.3, 0.4) is 0 Å². The first-order chi connectivity index (χ1) is 10.3. The molecule has 0 aliphatic carbocycles. The monoisotopic (exact) mass is 276 g/mol. The first-order valence-corrected chi connectivity index (χ1v) is 6.84. The summed E-state index contributed by atoms with van der Waals surface area (Å²) >= 11 is 0. The topological polar surface area (TPSA) is 55.8 Å². The molecule has 4 aromatic rings. The fraction of sp³-hybridized carbons (Fsp3) is 0.0588. The third kappa shape index (κ3) is 1.92. The van der Waals surface area contributed by atoms with Gasteiger partial charge in [-0.05, 0) is 24.3 Å². The summed E-state index contributed by atoms with van der Waals surface area (Å²) in [4.78, 5) is 11.1. The molecule has 0 spiro atoms. The molecule has 21 heavy (non-hydrogen) atoms. The molecule has 0 fully saturated rings. The van der Waals surface area contributed by atoms with E-state index in [4.69, 9.17) is 4.42 Å². The third-order valence-corrected chi connectivity index (χ3v) is 3.55. The molecule has 2 aromatic heterocycles. The Morgan fingerprint density at radius 2 is 1.86 bits per heavy atom. The summed E-state index contributed by atoms with van der Waals surface area (Å²) in [5.74, 6) is 0.801. The first-order valence-electron chi connectivity index (χ1n) is 6.84. The number of para-hydroxylation sites is 3. The zero-order chi connectivity index (χ0) is 14.2. The van der Waals surface area contributed by atoms with Crippen molar-refractivity contribution in [2.75, 3.05) is 7.05 Å². The number of benzene rings is 2. The van der Waals surface area contributed by atoms with E-state index in [1.165, 1.54) is 0 Å². The van der Waals surface area contributed by atoms with Gasteiger partial charge in [0.1, 0.15) is 24.0 Å². The van der Waals surface area contributed by atoms with Crippen LogP contribution in [0, 0.1) is 0 Å². The maximum atomic E-state index is 5.92. The molecule has 0 aliphatic heterocycles. The van der Waals surface area contributed by atoms with Crippen molar-refractivity contribution in [1.29, 1.82) is 0 Å². The Morgan fingerprint density at radius 3 is 2.71 bits per heavy atom. The second kappa shape index (κ2) is 4.59. The lowest BCUT2D eigenvalue weighted by Gasteiger charge is -1.98. The average molecular weight is 276 g/mol. The van der Waals surface area contributed by atoms with Crippen LogP contribution in [0.4, 0.5) is 0 Å². The van der Waals surface area contributed by atoms with Crippen molar-refractivity contribution >= 4 is 22.0 Å². The third-order valence-electron chi connectivity index (χ3n) is 3.55. The minimum absolute atomic E-state index is 0.702. The lowest BCUT2D eigenvalue weighted by atomic mass is 10.2. The fourth-order valence-corrected chi connectivity index (χ4v) is 2.52. The number of fused-ring (bicyclic) bond motifs is 2. The molecule has 2 N–H and O–H groups in total. The number of rotatable bonds is 1. The molecule has 4 heteroatoms. The molecule has 0 saturated carbocycles. The van der Waals surface area contributed by atoms with Crippen molar-refractivity contribution in [2.45, 2.75) is 0 Å². The van der Waals surface area contributed by atoms with Crippen LogP contribution in [0.5, 0.6) is 0 Å². The summed E-state index contributed by atoms with van der Waals surface area (Å²) in [6.45, 7) is 0. The molecule has 0 unspecified atom stereocenters. The van der Waals surface area contributed by atoms with Gasteiger partial charge in [0, 0.05) is 5.39 Å². The number of nitrogens with zero attached hydrogens (tertiary/aromatic N) is 1. The van der Waals surface area contributed by atoms with Gasteiger partial charge in [0.2, 0.25) is 0 Å². The van der Waals surface area contributed by atoms with E-state index in [0.717, 1.165) is 33.4 Å². The molecular formula is C17H14N3O+. The van der Waals surface area contributed by atoms with Crippen LogP contribution in [-0.2, 0) is 0 Å². The Kier molecular flexibility index (Phi) is 2.60. The zero-order valence-electron chi connectivity index (χ0n) is 11.6. The number of aromatic amines is 1. The second-order valence-corrected chi connectivity index (χ2v) is 4.88. The summed E-state index contributed by atoms with van der Waals surface area (Å²) in [5.41, 5.74) is 4.44. The summed E-state index contributed by atoms with van der Waals surface area (Å²) in [5, 5.41) is 1.05. The summed E-state index contributed by atoms with van der Waals surface area (Å²) in [7, 11) is 1.85. The molecule has 2 aromatic carbocycles. The first kappa shape index (κ1) is 11.9. The maximum absolute atomic E-state index is 5.92. The van der Waals surface area contributed by atoms with Gasteiger partial charge >= 0.3 is 5.55 Å². The molecule has 2 heterocycles. The minimum Gasteiger partial charge on any atom is -0.404 e. The normalized spacial score (nSPS) is 12.3. The highest BCUT2D eigenvalue weighted by molar-refractivity contribution is 5.83.